The van der Waals surface area contributed by atoms with E-state index in [-0.39, 0.29) is 12.5 Å². The third-order valence-corrected chi connectivity index (χ3v) is 5.07. The minimum Gasteiger partial charge on any atom is -0.392 e. The molecule has 26 heavy (non-hydrogen) atoms. The molecule has 0 unspecified atom stereocenters. The summed E-state index contributed by atoms with van der Waals surface area (Å²) >= 11 is 1.42. The van der Waals surface area contributed by atoms with Crippen LogP contribution < -0.4 is 0 Å². The molecule has 1 aliphatic rings. The van der Waals surface area contributed by atoms with E-state index in [1.165, 1.54) is 11.8 Å². The molecule has 2 aromatic carbocycles. The number of benzene rings is 2. The number of carbonyl (C=O) groups excluding carboxylic acids is 1. The highest BCUT2D eigenvalue weighted by atomic mass is 32.2. The van der Waals surface area contributed by atoms with Crippen molar-refractivity contribution in [3.05, 3.63) is 70.6 Å². The van der Waals surface area contributed by atoms with E-state index in [0.29, 0.717) is 11.4 Å². The Morgan fingerprint density at radius 2 is 1.85 bits per heavy atom. The van der Waals surface area contributed by atoms with Gasteiger partial charge in [0.1, 0.15) is 0 Å². The molecule has 4 nitrogen and oxygen atoms in total. The Balaban J connectivity index is 1.89. The highest BCUT2D eigenvalue weighted by Gasteiger charge is 2.32. The molecule has 0 aliphatic carbocycles. The van der Waals surface area contributed by atoms with E-state index < -0.39 is 0 Å². The molecule has 1 fully saturated rings. The zero-order valence-electron chi connectivity index (χ0n) is 14.8. The molecule has 5 heteroatoms. The molecule has 0 atom stereocenters. The summed E-state index contributed by atoms with van der Waals surface area (Å²) in [7, 11) is 0. The van der Waals surface area contributed by atoms with Crippen LogP contribution in [-0.4, -0.2) is 27.6 Å². The molecule has 134 valence electrons. The van der Waals surface area contributed by atoms with Gasteiger partial charge in [-0.15, -0.1) is 0 Å². The fourth-order valence-electron chi connectivity index (χ4n) is 2.59. The van der Waals surface area contributed by atoms with Gasteiger partial charge in [-0.2, -0.15) is 0 Å². The molecule has 1 N–H and O–H groups in total. The minimum absolute atomic E-state index is 0.00404. The molecular weight excluding hydrogens is 344 g/mol. The van der Waals surface area contributed by atoms with Crippen LogP contribution in [0.1, 0.15) is 30.9 Å². The first-order valence-corrected chi connectivity index (χ1v) is 9.58. The van der Waals surface area contributed by atoms with Crippen molar-refractivity contribution in [3.63, 3.8) is 0 Å². The maximum absolute atomic E-state index is 12.9. The largest absolute Gasteiger partial charge is 0.392 e. The minimum atomic E-state index is 0.00404. The highest BCUT2D eigenvalue weighted by molar-refractivity contribution is 8.18. The predicted molar refractivity (Wildman–Crippen MR) is 108 cm³/mol. The molecule has 1 amide bonds. The quantitative estimate of drug-likeness (QED) is 0.761. The maximum Gasteiger partial charge on any atom is 0.266 e. The normalized spacial score (nSPS) is 17.5. The zero-order valence-corrected chi connectivity index (χ0v) is 15.6. The van der Waals surface area contributed by atoms with Gasteiger partial charge in [0.25, 0.3) is 5.91 Å². The lowest BCUT2D eigenvalue weighted by atomic mass is 10.1. The van der Waals surface area contributed by atoms with Crippen molar-refractivity contribution in [1.82, 2.24) is 4.90 Å². The van der Waals surface area contributed by atoms with Gasteiger partial charge in [-0.3, -0.25) is 9.69 Å². The Kier molecular flexibility index (Phi) is 6.26. The second kappa shape index (κ2) is 8.83. The van der Waals surface area contributed by atoms with Crippen LogP contribution in [0, 0.1) is 0 Å². The van der Waals surface area contributed by atoms with E-state index >= 15 is 0 Å². The fraction of sp³-hybridized carbons (Fsp3) is 0.238. The standard InChI is InChI=1S/C21H22N2O2S/c1-2-3-13-23-20(25)19(14-16-9-11-17(15-24)12-10-16)26-21(23)22-18-7-5-4-6-8-18/h4-12,14,24H,2-3,13,15H2,1H3/b19-14-,22-21-. The molecule has 1 aliphatic heterocycles. The van der Waals surface area contributed by atoms with E-state index in [4.69, 9.17) is 5.11 Å². The Morgan fingerprint density at radius 1 is 1.12 bits per heavy atom. The number of aliphatic hydroxyl groups excluding tert-OH is 1. The molecule has 1 saturated heterocycles. The number of para-hydroxylation sites is 1. The van der Waals surface area contributed by atoms with E-state index in [1.807, 2.05) is 60.7 Å². The van der Waals surface area contributed by atoms with Crippen LogP contribution in [0.4, 0.5) is 5.69 Å². The van der Waals surface area contributed by atoms with E-state index in [2.05, 4.69) is 11.9 Å². The summed E-state index contributed by atoms with van der Waals surface area (Å²) in [6.45, 7) is 2.80. The van der Waals surface area contributed by atoms with Crippen molar-refractivity contribution in [2.24, 2.45) is 4.99 Å². The summed E-state index contributed by atoms with van der Waals surface area (Å²) in [4.78, 5) is 20.0. The summed E-state index contributed by atoms with van der Waals surface area (Å²) in [5.74, 6) is 0.00404. The average Bonchev–Trinajstić information content (AvgIpc) is 2.96. The summed E-state index contributed by atoms with van der Waals surface area (Å²) in [5.41, 5.74) is 2.64. The van der Waals surface area contributed by atoms with Gasteiger partial charge in [0.15, 0.2) is 5.17 Å². The summed E-state index contributed by atoms with van der Waals surface area (Å²) in [5, 5.41) is 9.88. The number of aliphatic hydroxyl groups is 1. The number of thioether (sulfide) groups is 1. The molecule has 0 bridgehead atoms. The average molecular weight is 366 g/mol. The van der Waals surface area contributed by atoms with Crippen molar-refractivity contribution in [3.8, 4) is 0 Å². The number of amidine groups is 1. The van der Waals surface area contributed by atoms with Gasteiger partial charge in [0.2, 0.25) is 0 Å². The van der Waals surface area contributed by atoms with Gasteiger partial charge in [-0.25, -0.2) is 4.99 Å². The first-order valence-electron chi connectivity index (χ1n) is 8.76. The Hall–Kier alpha value is -2.37. The lowest BCUT2D eigenvalue weighted by Gasteiger charge is -2.14. The molecule has 2 aromatic rings. The third-order valence-electron chi connectivity index (χ3n) is 4.06. The molecule has 0 spiro atoms. The lowest BCUT2D eigenvalue weighted by molar-refractivity contribution is -0.122. The Bertz CT molecular complexity index is 814. The molecule has 3 rings (SSSR count). The molecule has 0 radical (unpaired) electrons. The zero-order chi connectivity index (χ0) is 18.4. The van der Waals surface area contributed by atoms with E-state index in [1.54, 1.807) is 4.90 Å². The number of unbranched alkanes of at least 4 members (excludes halogenated alkanes) is 1. The highest BCUT2D eigenvalue weighted by Crippen LogP contribution is 2.34. The van der Waals surface area contributed by atoms with Gasteiger partial charge in [0, 0.05) is 6.54 Å². The van der Waals surface area contributed by atoms with Crippen molar-refractivity contribution in [1.29, 1.82) is 0 Å². The van der Waals surface area contributed by atoms with Crippen molar-refractivity contribution >= 4 is 34.6 Å². The number of nitrogens with zero attached hydrogens (tertiary/aromatic N) is 2. The van der Waals surface area contributed by atoms with Crippen LogP contribution in [0.5, 0.6) is 0 Å². The first-order chi connectivity index (χ1) is 12.7. The van der Waals surface area contributed by atoms with Crippen LogP contribution >= 0.6 is 11.8 Å². The SMILES string of the molecule is CCCCN1C(=O)/C(=C/c2ccc(CO)cc2)S/C1=N\c1ccccc1. The van der Waals surface area contributed by atoms with Gasteiger partial charge in [-0.1, -0.05) is 55.8 Å². The monoisotopic (exact) mass is 366 g/mol. The summed E-state index contributed by atoms with van der Waals surface area (Å²) < 4.78 is 0. The molecule has 0 saturated carbocycles. The number of hydrogen-bond acceptors (Lipinski definition) is 4. The van der Waals surface area contributed by atoms with E-state index in [9.17, 15) is 4.79 Å². The molecule has 1 heterocycles. The maximum atomic E-state index is 12.9. The number of carbonyl (C=O) groups is 1. The Labute approximate surface area is 158 Å². The van der Waals surface area contributed by atoms with Crippen LogP contribution in [0.3, 0.4) is 0 Å². The first kappa shape index (κ1) is 18.4. The number of aliphatic imine (C=N–C) groups is 1. The van der Waals surface area contributed by atoms with Crippen LogP contribution in [-0.2, 0) is 11.4 Å². The topological polar surface area (TPSA) is 52.9 Å². The molecular formula is C21H22N2O2S. The summed E-state index contributed by atoms with van der Waals surface area (Å²) in [6, 6.07) is 17.3. The predicted octanol–water partition coefficient (Wildman–Crippen LogP) is 4.58. The fourth-order valence-corrected chi connectivity index (χ4v) is 3.61. The van der Waals surface area contributed by atoms with Gasteiger partial charge in [-0.05, 0) is 47.5 Å². The lowest BCUT2D eigenvalue weighted by Crippen LogP contribution is -2.30. The van der Waals surface area contributed by atoms with Crippen LogP contribution in [0.25, 0.3) is 6.08 Å². The van der Waals surface area contributed by atoms with E-state index in [0.717, 1.165) is 34.8 Å². The van der Waals surface area contributed by atoms with Crippen LogP contribution in [0.2, 0.25) is 0 Å². The number of amides is 1. The van der Waals surface area contributed by atoms with Crippen LogP contribution in [0.15, 0.2) is 64.5 Å². The van der Waals surface area contributed by atoms with Gasteiger partial charge < -0.3 is 5.11 Å². The molecule has 0 aromatic heterocycles. The van der Waals surface area contributed by atoms with Gasteiger partial charge in [0.05, 0.1) is 17.2 Å². The second-order valence-electron chi connectivity index (χ2n) is 6.05. The van der Waals surface area contributed by atoms with Gasteiger partial charge >= 0.3 is 0 Å². The number of rotatable bonds is 6. The van der Waals surface area contributed by atoms with Crippen molar-refractivity contribution < 1.29 is 9.90 Å². The Morgan fingerprint density at radius 3 is 2.50 bits per heavy atom. The third kappa shape index (κ3) is 4.42. The van der Waals surface area contributed by atoms with Crippen molar-refractivity contribution in [2.45, 2.75) is 26.4 Å². The smallest absolute Gasteiger partial charge is 0.266 e. The number of hydrogen-bond donors (Lipinski definition) is 1. The van der Waals surface area contributed by atoms with Crippen molar-refractivity contribution in [2.75, 3.05) is 6.54 Å². The second-order valence-corrected chi connectivity index (χ2v) is 7.06. The summed E-state index contributed by atoms with van der Waals surface area (Å²) in [6.07, 6.45) is 3.86.